The largest absolute Gasteiger partial charge is 0.496 e. The van der Waals surface area contributed by atoms with E-state index in [9.17, 15) is 17.6 Å². The monoisotopic (exact) mass is 525 g/mol. The highest BCUT2D eigenvalue weighted by atomic mass is 35.5. The first-order valence-corrected chi connectivity index (χ1v) is 11.6. The average molecular weight is 526 g/mol. The first-order chi connectivity index (χ1) is 16.8. The zero-order valence-corrected chi connectivity index (χ0v) is 20.7. The highest BCUT2D eigenvalue weighted by molar-refractivity contribution is 5.85. The molecule has 2 aliphatic rings. The fraction of sp³-hybridized carbons (Fsp3) is 0.423. The zero-order valence-electron chi connectivity index (χ0n) is 19.9. The van der Waals surface area contributed by atoms with Gasteiger partial charge >= 0.3 is 6.18 Å². The van der Waals surface area contributed by atoms with Crippen molar-refractivity contribution in [1.29, 1.82) is 0 Å². The van der Waals surface area contributed by atoms with Crippen LogP contribution in [0.2, 0.25) is 0 Å². The van der Waals surface area contributed by atoms with Gasteiger partial charge in [0.2, 0.25) is 5.82 Å². The Morgan fingerprint density at radius 1 is 1.17 bits per heavy atom. The second-order valence-electron chi connectivity index (χ2n) is 9.28. The second-order valence-corrected chi connectivity index (χ2v) is 9.28. The number of nitrogens with one attached hydrogen (secondary N) is 1. The van der Waals surface area contributed by atoms with Crippen LogP contribution in [0.25, 0.3) is 5.69 Å². The fourth-order valence-corrected chi connectivity index (χ4v) is 5.91. The van der Waals surface area contributed by atoms with Gasteiger partial charge in [0.05, 0.1) is 19.3 Å². The molecule has 0 unspecified atom stereocenters. The van der Waals surface area contributed by atoms with Crippen LogP contribution in [0, 0.1) is 5.82 Å². The average Bonchev–Trinajstić information content (AvgIpc) is 3.58. The van der Waals surface area contributed by atoms with E-state index in [0.717, 1.165) is 34.7 Å². The van der Waals surface area contributed by atoms with E-state index in [0.29, 0.717) is 24.5 Å². The molecule has 1 aromatic heterocycles. The molecule has 1 aliphatic heterocycles. The molecular formula is C26H28ClF4N3O2. The number of ether oxygens (including phenoxy) is 2. The predicted octanol–water partition coefficient (Wildman–Crippen LogP) is 5.87. The maximum absolute atomic E-state index is 13.6. The molecule has 3 aromatic rings. The van der Waals surface area contributed by atoms with Crippen molar-refractivity contribution >= 4 is 12.4 Å². The van der Waals surface area contributed by atoms with E-state index in [1.807, 2.05) is 19.2 Å². The summed E-state index contributed by atoms with van der Waals surface area (Å²) in [5.41, 5.74) is 1.72. The van der Waals surface area contributed by atoms with Crippen LogP contribution in [0.15, 0.2) is 54.9 Å². The van der Waals surface area contributed by atoms with Crippen LogP contribution >= 0.6 is 12.4 Å². The molecule has 36 heavy (non-hydrogen) atoms. The Bertz CT molecular complexity index is 1200. The number of rotatable bonds is 5. The van der Waals surface area contributed by atoms with Gasteiger partial charge in [-0.05, 0) is 62.2 Å². The molecule has 1 aliphatic carbocycles. The van der Waals surface area contributed by atoms with E-state index in [4.69, 9.17) is 9.47 Å². The second kappa shape index (κ2) is 10.0. The van der Waals surface area contributed by atoms with Crippen LogP contribution in [0.3, 0.4) is 0 Å². The van der Waals surface area contributed by atoms with Crippen molar-refractivity contribution < 1.29 is 27.0 Å². The molecule has 5 rings (SSSR count). The van der Waals surface area contributed by atoms with Gasteiger partial charge in [0.1, 0.15) is 11.6 Å². The van der Waals surface area contributed by atoms with Crippen LogP contribution in [-0.4, -0.2) is 42.0 Å². The van der Waals surface area contributed by atoms with Gasteiger partial charge in [-0.2, -0.15) is 13.2 Å². The molecule has 1 N–H and O–H groups in total. The number of nitrogens with zero attached hydrogens (tertiary/aromatic N) is 2. The first kappa shape index (κ1) is 26.4. The van der Waals surface area contributed by atoms with E-state index < -0.39 is 17.6 Å². The van der Waals surface area contributed by atoms with Gasteiger partial charge in [0.15, 0.2) is 0 Å². The smallest absolute Gasteiger partial charge is 0.450 e. The van der Waals surface area contributed by atoms with Crippen molar-refractivity contribution in [2.45, 2.75) is 48.9 Å². The lowest BCUT2D eigenvalue weighted by molar-refractivity contribution is -0.145. The summed E-state index contributed by atoms with van der Waals surface area (Å²) in [6.07, 6.45) is 0.303. The molecule has 0 radical (unpaired) electrons. The number of alkyl halides is 3. The van der Waals surface area contributed by atoms with Crippen molar-refractivity contribution in [1.82, 2.24) is 14.9 Å². The summed E-state index contributed by atoms with van der Waals surface area (Å²) in [6.45, 7) is 0.421. The maximum atomic E-state index is 13.6. The van der Waals surface area contributed by atoms with E-state index in [1.165, 1.54) is 18.3 Å². The van der Waals surface area contributed by atoms with E-state index in [-0.39, 0.29) is 36.1 Å². The predicted molar refractivity (Wildman–Crippen MR) is 130 cm³/mol. The number of hydrogen-bond donors (Lipinski definition) is 1. The summed E-state index contributed by atoms with van der Waals surface area (Å²) in [4.78, 5) is 3.51. The third-order valence-corrected chi connectivity index (χ3v) is 7.44. The van der Waals surface area contributed by atoms with Gasteiger partial charge < -0.3 is 14.8 Å². The van der Waals surface area contributed by atoms with Crippen molar-refractivity contribution in [3.63, 3.8) is 0 Å². The van der Waals surface area contributed by atoms with Crippen molar-refractivity contribution in [3.05, 3.63) is 77.6 Å². The molecule has 0 amide bonds. The Hall–Kier alpha value is -2.62. The zero-order chi connectivity index (χ0) is 24.8. The third kappa shape index (κ3) is 4.60. The fourth-order valence-electron chi connectivity index (χ4n) is 5.91. The SMILES string of the molecule is CN[C@H]1CC[C@@]2(C[C@@H](c3cc(-n4ccnc4C(F)(F)F)ccc3OC)CO2)[C@@H]1c1ccc(F)cc1.Cl. The van der Waals surface area contributed by atoms with E-state index in [1.54, 1.807) is 25.3 Å². The van der Waals surface area contributed by atoms with Crippen LogP contribution in [0.1, 0.15) is 48.0 Å². The number of methoxy groups -OCH3 is 1. The molecule has 5 nitrogen and oxygen atoms in total. The lowest BCUT2D eigenvalue weighted by Crippen LogP contribution is -2.39. The van der Waals surface area contributed by atoms with Gasteiger partial charge in [0.25, 0.3) is 0 Å². The molecule has 194 valence electrons. The van der Waals surface area contributed by atoms with Crippen LogP contribution < -0.4 is 10.1 Å². The summed E-state index contributed by atoms with van der Waals surface area (Å²) < 4.78 is 67.1. The molecule has 1 saturated heterocycles. The minimum atomic E-state index is -4.57. The molecular weight excluding hydrogens is 498 g/mol. The van der Waals surface area contributed by atoms with Crippen molar-refractivity contribution in [3.8, 4) is 11.4 Å². The highest BCUT2D eigenvalue weighted by Gasteiger charge is 2.54. The lowest BCUT2D eigenvalue weighted by Gasteiger charge is -2.34. The van der Waals surface area contributed by atoms with Crippen LogP contribution in [0.5, 0.6) is 5.75 Å². The molecule has 1 spiro atoms. The number of imidazole rings is 1. The molecule has 10 heteroatoms. The Balaban J connectivity index is 0.00000304. The number of likely N-dealkylation sites (N-methyl/N-ethyl adjacent to an activating group) is 1. The van der Waals surface area contributed by atoms with Gasteiger partial charge in [-0.3, -0.25) is 4.57 Å². The summed E-state index contributed by atoms with van der Waals surface area (Å²) in [5, 5.41) is 3.39. The Kier molecular flexibility index (Phi) is 7.37. The highest BCUT2D eigenvalue weighted by Crippen LogP contribution is 2.54. The lowest BCUT2D eigenvalue weighted by atomic mass is 9.78. The Morgan fingerprint density at radius 3 is 2.58 bits per heavy atom. The van der Waals surface area contributed by atoms with Crippen LogP contribution in [-0.2, 0) is 10.9 Å². The molecule has 1 saturated carbocycles. The molecule has 2 fully saturated rings. The number of aromatic nitrogens is 2. The Morgan fingerprint density at radius 2 is 1.92 bits per heavy atom. The molecule has 2 aromatic carbocycles. The van der Waals surface area contributed by atoms with Gasteiger partial charge in [-0.1, -0.05) is 12.1 Å². The maximum Gasteiger partial charge on any atom is 0.450 e. The van der Waals surface area contributed by atoms with E-state index >= 15 is 0 Å². The minimum Gasteiger partial charge on any atom is -0.496 e. The van der Waals surface area contributed by atoms with Crippen molar-refractivity contribution in [2.24, 2.45) is 0 Å². The summed E-state index contributed by atoms with van der Waals surface area (Å²) in [5.74, 6) is -0.697. The molecule has 2 heterocycles. The quantitative estimate of drug-likeness (QED) is 0.423. The summed E-state index contributed by atoms with van der Waals surface area (Å²) in [6, 6.07) is 11.8. The summed E-state index contributed by atoms with van der Waals surface area (Å²) >= 11 is 0. The molecule has 0 bridgehead atoms. The number of hydrogen-bond acceptors (Lipinski definition) is 4. The standard InChI is InChI=1S/C26H27F4N3O2.ClH/c1-31-21-9-10-25(23(21)16-3-5-18(27)6-4-16)14-17(15-35-25)20-13-19(7-8-22(20)34-2)33-12-11-32-24(33)26(28,29)30;/h3-8,11-13,17,21,23,31H,9-10,14-15H2,1-2H3;1H/t17-,21+,23-,25-;/m1./s1. The first-order valence-electron chi connectivity index (χ1n) is 11.6. The Labute approximate surface area is 213 Å². The number of halogens is 5. The van der Waals surface area contributed by atoms with Crippen LogP contribution in [0.4, 0.5) is 17.6 Å². The topological polar surface area (TPSA) is 48.3 Å². The van der Waals surface area contributed by atoms with Gasteiger partial charge in [-0.15, -0.1) is 12.4 Å². The van der Waals surface area contributed by atoms with Gasteiger partial charge in [0, 0.05) is 41.5 Å². The van der Waals surface area contributed by atoms with Gasteiger partial charge in [-0.25, -0.2) is 9.37 Å². The van der Waals surface area contributed by atoms with Crippen molar-refractivity contribution in [2.75, 3.05) is 20.8 Å². The summed E-state index contributed by atoms with van der Waals surface area (Å²) in [7, 11) is 3.47. The minimum absolute atomic E-state index is 0. The number of benzene rings is 2. The normalized spacial score (nSPS) is 25.8. The third-order valence-electron chi connectivity index (χ3n) is 7.44. The molecule has 4 atom stereocenters. The van der Waals surface area contributed by atoms with E-state index in [2.05, 4.69) is 10.3 Å².